The van der Waals surface area contributed by atoms with Crippen molar-refractivity contribution in [3.63, 3.8) is 0 Å². The lowest BCUT2D eigenvalue weighted by Crippen LogP contribution is -2.48. The van der Waals surface area contributed by atoms with Crippen LogP contribution >= 0.6 is 0 Å². The van der Waals surface area contributed by atoms with Gasteiger partial charge in [0.2, 0.25) is 5.91 Å². The first kappa shape index (κ1) is 26.5. The highest BCUT2D eigenvalue weighted by Crippen LogP contribution is 2.43. The minimum absolute atomic E-state index is 0.0341. The molecule has 5 nitrogen and oxygen atoms in total. The molecule has 2 aromatic rings. The first-order valence-corrected chi connectivity index (χ1v) is 11.4. The number of carbonyl (C=O) groups is 2. The number of benzene rings is 2. The Labute approximate surface area is 204 Å². The van der Waals surface area contributed by atoms with Gasteiger partial charge in [0, 0.05) is 36.8 Å². The van der Waals surface area contributed by atoms with Crippen molar-refractivity contribution in [3.05, 3.63) is 69.8 Å². The van der Waals surface area contributed by atoms with Crippen molar-refractivity contribution < 1.29 is 27.5 Å². The molecule has 0 radical (unpaired) electrons. The van der Waals surface area contributed by atoms with E-state index in [4.69, 9.17) is 0 Å². The monoisotopic (exact) mass is 488 g/mol. The minimum Gasteiger partial charge on any atom is -0.466 e. The zero-order chi connectivity index (χ0) is 26.1. The topological polar surface area (TPSA) is 58.6 Å². The van der Waals surface area contributed by atoms with Gasteiger partial charge >= 0.3 is 5.97 Å². The molecule has 2 aromatic carbocycles. The molecular weight excluding hydrogens is 457 g/mol. The van der Waals surface area contributed by atoms with Crippen LogP contribution in [-0.2, 0) is 20.7 Å². The Hall–Kier alpha value is -3.13. The molecule has 0 saturated heterocycles. The predicted octanol–water partition coefficient (Wildman–Crippen LogP) is 5.50. The van der Waals surface area contributed by atoms with Gasteiger partial charge in [-0.2, -0.15) is 0 Å². The Kier molecular flexibility index (Phi) is 7.74. The van der Waals surface area contributed by atoms with Crippen molar-refractivity contribution in [1.29, 1.82) is 0 Å². The van der Waals surface area contributed by atoms with Crippen LogP contribution in [0, 0.1) is 18.6 Å². The van der Waals surface area contributed by atoms with Crippen LogP contribution < -0.4 is 5.32 Å². The number of halogens is 3. The van der Waals surface area contributed by atoms with Gasteiger partial charge in [0.1, 0.15) is 17.3 Å². The Morgan fingerprint density at radius 1 is 1.23 bits per heavy atom. The van der Waals surface area contributed by atoms with E-state index >= 15 is 8.78 Å². The van der Waals surface area contributed by atoms with E-state index in [-0.39, 0.29) is 29.6 Å². The maximum absolute atomic E-state index is 15.5. The highest BCUT2D eigenvalue weighted by molar-refractivity contribution is 5.90. The van der Waals surface area contributed by atoms with E-state index in [1.54, 1.807) is 17.0 Å². The molecule has 35 heavy (non-hydrogen) atoms. The second-order valence-corrected chi connectivity index (χ2v) is 9.59. The van der Waals surface area contributed by atoms with Crippen molar-refractivity contribution in [1.82, 2.24) is 4.90 Å². The third-order valence-corrected chi connectivity index (χ3v) is 6.18. The van der Waals surface area contributed by atoms with Gasteiger partial charge in [-0.15, -0.1) is 0 Å². The maximum Gasteiger partial charge on any atom is 0.330 e. The van der Waals surface area contributed by atoms with Gasteiger partial charge in [0.05, 0.1) is 13.2 Å². The van der Waals surface area contributed by atoms with E-state index < -0.39 is 29.3 Å². The first-order chi connectivity index (χ1) is 16.3. The van der Waals surface area contributed by atoms with Crippen molar-refractivity contribution in [2.75, 3.05) is 19.0 Å². The van der Waals surface area contributed by atoms with E-state index in [9.17, 15) is 14.0 Å². The number of rotatable bonds is 6. The molecule has 1 heterocycles. The smallest absolute Gasteiger partial charge is 0.330 e. The number of methoxy groups -OCH3 is 1. The number of ether oxygens (including phenoxy) is 1. The van der Waals surface area contributed by atoms with Crippen molar-refractivity contribution in [2.45, 2.75) is 58.8 Å². The van der Waals surface area contributed by atoms with Crippen molar-refractivity contribution in [3.8, 4) is 0 Å². The van der Waals surface area contributed by atoms with E-state index in [1.165, 1.54) is 34.0 Å². The predicted molar refractivity (Wildman–Crippen MR) is 130 cm³/mol. The molecule has 0 fully saturated rings. The largest absolute Gasteiger partial charge is 0.466 e. The zero-order valence-electron chi connectivity index (χ0n) is 20.8. The molecule has 3 rings (SSSR count). The summed E-state index contributed by atoms with van der Waals surface area (Å²) in [6.07, 6.45) is 2.88. The lowest BCUT2D eigenvalue weighted by Gasteiger charge is -2.44. The molecule has 0 aromatic heterocycles. The molecule has 1 aliphatic heterocycles. The fourth-order valence-electron chi connectivity index (χ4n) is 4.67. The van der Waals surface area contributed by atoms with Crippen LogP contribution in [0.25, 0.3) is 6.08 Å². The van der Waals surface area contributed by atoms with E-state index in [0.717, 1.165) is 29.3 Å². The molecule has 1 amide bonds. The number of amides is 1. The average Bonchev–Trinajstić information content (AvgIpc) is 2.74. The summed E-state index contributed by atoms with van der Waals surface area (Å²) in [7, 11) is 1.21. The number of alkyl halides is 1. The molecule has 0 spiro atoms. The summed E-state index contributed by atoms with van der Waals surface area (Å²) < 4.78 is 50.4. The lowest BCUT2D eigenvalue weighted by atomic mass is 9.81. The number of nitrogens with one attached hydrogen (secondary N) is 1. The molecule has 0 saturated carbocycles. The quantitative estimate of drug-likeness (QED) is 0.431. The molecule has 0 bridgehead atoms. The zero-order valence-corrected chi connectivity index (χ0v) is 20.8. The standard InChI is InChI=1S/C27H31F3N2O3/c1-15-11-20-16(2)23(31-17(3)33)9-8-19(20)26(32(15)14-27(4,5)30)25-21(28)12-18(13-22(25)29)7-10-24(34)35-6/h7-10,12-13,15,26H,11,14H2,1-6H3,(H,31,33)/b10-7+. The van der Waals surface area contributed by atoms with E-state index in [1.807, 2.05) is 13.8 Å². The fourth-order valence-corrected chi connectivity index (χ4v) is 4.67. The maximum atomic E-state index is 15.5. The molecule has 188 valence electrons. The molecule has 8 heteroatoms. The second kappa shape index (κ2) is 10.2. The third kappa shape index (κ3) is 5.93. The molecule has 0 aliphatic carbocycles. The van der Waals surface area contributed by atoms with E-state index in [0.29, 0.717) is 17.7 Å². The molecule has 2 atom stereocenters. The molecule has 1 aliphatic rings. The Balaban J connectivity index is 2.20. The summed E-state index contributed by atoms with van der Waals surface area (Å²) in [6.45, 7) is 8.01. The van der Waals surface area contributed by atoms with Crippen LogP contribution in [0.1, 0.15) is 61.6 Å². The fraction of sp³-hybridized carbons (Fsp3) is 0.407. The molecule has 1 N–H and O–H groups in total. The summed E-state index contributed by atoms with van der Waals surface area (Å²) >= 11 is 0. The summed E-state index contributed by atoms with van der Waals surface area (Å²) in [5, 5.41) is 2.79. The van der Waals surface area contributed by atoms with Crippen molar-refractivity contribution >= 4 is 23.6 Å². The van der Waals surface area contributed by atoms with E-state index in [2.05, 4.69) is 10.1 Å². The number of fused-ring (bicyclic) bond motifs is 1. The van der Waals surface area contributed by atoms with Crippen LogP contribution in [0.2, 0.25) is 0 Å². The Morgan fingerprint density at radius 2 is 1.86 bits per heavy atom. The summed E-state index contributed by atoms with van der Waals surface area (Å²) in [5.74, 6) is -2.47. The van der Waals surface area contributed by atoms with Crippen LogP contribution in [-0.4, -0.2) is 42.1 Å². The van der Waals surface area contributed by atoms with Crippen LogP contribution in [0.5, 0.6) is 0 Å². The summed E-state index contributed by atoms with van der Waals surface area (Å²) in [4.78, 5) is 24.8. The van der Waals surface area contributed by atoms with Crippen LogP contribution in [0.3, 0.4) is 0 Å². The highest BCUT2D eigenvalue weighted by Gasteiger charge is 2.40. The number of esters is 1. The minimum atomic E-state index is -1.61. The van der Waals surface area contributed by atoms with Gasteiger partial charge in [0.25, 0.3) is 0 Å². The van der Waals surface area contributed by atoms with Gasteiger partial charge in [-0.05, 0) is 80.6 Å². The summed E-state index contributed by atoms with van der Waals surface area (Å²) in [6, 6.07) is 4.63. The second-order valence-electron chi connectivity index (χ2n) is 9.59. The number of carbonyl (C=O) groups excluding carboxylic acids is 2. The van der Waals surface area contributed by atoms with Gasteiger partial charge in [-0.3, -0.25) is 9.69 Å². The van der Waals surface area contributed by atoms with Crippen molar-refractivity contribution in [2.24, 2.45) is 0 Å². The Morgan fingerprint density at radius 3 is 2.40 bits per heavy atom. The number of anilines is 1. The van der Waals surface area contributed by atoms with Gasteiger partial charge in [0.15, 0.2) is 0 Å². The molecule has 2 unspecified atom stereocenters. The van der Waals surface area contributed by atoms with Gasteiger partial charge in [-0.25, -0.2) is 18.0 Å². The summed E-state index contributed by atoms with van der Waals surface area (Å²) in [5.41, 5.74) is 1.34. The SMILES string of the molecule is COC(=O)/C=C/c1cc(F)c(C2c3ccc(NC(C)=O)c(C)c3CC(C)N2CC(C)(C)F)c(F)c1. The van der Waals surface area contributed by atoms with Crippen LogP contribution in [0.4, 0.5) is 18.9 Å². The number of hydrogen-bond acceptors (Lipinski definition) is 4. The normalized spacial score (nSPS) is 18.4. The highest BCUT2D eigenvalue weighted by atomic mass is 19.1. The van der Waals surface area contributed by atoms with Gasteiger partial charge < -0.3 is 10.1 Å². The number of hydrogen-bond donors (Lipinski definition) is 1. The Bertz CT molecular complexity index is 1150. The number of nitrogens with zero attached hydrogens (tertiary/aromatic N) is 1. The van der Waals surface area contributed by atoms with Gasteiger partial charge in [-0.1, -0.05) is 6.07 Å². The third-order valence-electron chi connectivity index (χ3n) is 6.18. The molecular formula is C27H31F3N2O3. The van der Waals surface area contributed by atoms with Crippen LogP contribution in [0.15, 0.2) is 30.3 Å². The lowest BCUT2D eigenvalue weighted by molar-refractivity contribution is -0.134. The first-order valence-electron chi connectivity index (χ1n) is 11.4. The average molecular weight is 489 g/mol.